The molecule has 0 radical (unpaired) electrons. The predicted octanol–water partition coefficient (Wildman–Crippen LogP) is 2.53. The quantitative estimate of drug-likeness (QED) is 0.598. The van der Waals surface area contributed by atoms with Gasteiger partial charge >= 0.3 is 6.03 Å². The summed E-state index contributed by atoms with van der Waals surface area (Å²) in [6, 6.07) is -0.00886. The van der Waals surface area contributed by atoms with Crippen molar-refractivity contribution in [3.63, 3.8) is 0 Å². The topological polar surface area (TPSA) is 78.8 Å². The molecule has 1 aliphatic carbocycles. The van der Waals surface area contributed by atoms with Crippen molar-refractivity contribution in [2.45, 2.75) is 51.9 Å². The number of aliphatic imine (C=N–C) groups is 1. The molecule has 6 heteroatoms. The van der Waals surface area contributed by atoms with Crippen molar-refractivity contribution in [1.82, 2.24) is 10.2 Å². The van der Waals surface area contributed by atoms with E-state index in [2.05, 4.69) is 10.3 Å². The number of ketones is 1. The van der Waals surface area contributed by atoms with Crippen molar-refractivity contribution in [3.05, 3.63) is 0 Å². The smallest absolute Gasteiger partial charge is 0.317 e. The van der Waals surface area contributed by atoms with Crippen LogP contribution in [0.2, 0.25) is 0 Å². The molecule has 1 saturated heterocycles. The first kappa shape index (κ1) is 18.7. The van der Waals surface area contributed by atoms with E-state index in [1.165, 1.54) is 0 Å². The lowest BCUT2D eigenvalue weighted by Crippen LogP contribution is -2.46. The number of carbonyl (C=O) groups excluding carboxylic acids is 3. The molecule has 2 unspecified atom stereocenters. The van der Waals surface area contributed by atoms with Crippen LogP contribution in [0.5, 0.6) is 0 Å². The van der Waals surface area contributed by atoms with Gasteiger partial charge in [0.15, 0.2) is 0 Å². The maximum Gasteiger partial charge on any atom is 0.317 e. The van der Waals surface area contributed by atoms with E-state index in [4.69, 9.17) is 0 Å². The highest BCUT2D eigenvalue weighted by atomic mass is 16.2. The molecule has 6 nitrogen and oxygen atoms in total. The summed E-state index contributed by atoms with van der Waals surface area (Å²) in [6.45, 7) is 4.49. The Labute approximate surface area is 144 Å². The second-order valence-electron chi connectivity index (χ2n) is 7.10. The average Bonchev–Trinajstić information content (AvgIpc) is 2.64. The van der Waals surface area contributed by atoms with Gasteiger partial charge in [0.05, 0.1) is 6.54 Å². The molecule has 1 N–H and O–H groups in total. The molecule has 2 rings (SSSR count). The molecule has 1 heterocycles. The molecular formula is C18H29N3O3. The number of rotatable bonds is 6. The van der Waals surface area contributed by atoms with E-state index in [0.29, 0.717) is 50.2 Å². The van der Waals surface area contributed by atoms with Gasteiger partial charge in [-0.3, -0.25) is 4.79 Å². The standard InChI is InChI=1S/C18H29N3O3/c1-2-17(23)16-6-8-21(9-7-16)18(24)20-12-15-5-3-4-14(10-15)11-19-13-22/h14-16H,2-12H2,1H3,(H,20,24). The van der Waals surface area contributed by atoms with Crippen LogP contribution in [0.15, 0.2) is 4.99 Å². The molecule has 2 aliphatic rings. The highest BCUT2D eigenvalue weighted by molar-refractivity contribution is 5.81. The second kappa shape index (κ2) is 9.58. The van der Waals surface area contributed by atoms with Gasteiger partial charge in [0.25, 0.3) is 0 Å². The molecule has 2 amide bonds. The minimum Gasteiger partial charge on any atom is -0.338 e. The van der Waals surface area contributed by atoms with Crippen LogP contribution in [0.1, 0.15) is 51.9 Å². The van der Waals surface area contributed by atoms with Crippen LogP contribution in [0.25, 0.3) is 0 Å². The van der Waals surface area contributed by atoms with Gasteiger partial charge in [-0.05, 0) is 43.9 Å². The van der Waals surface area contributed by atoms with Crippen molar-refractivity contribution in [3.8, 4) is 0 Å². The number of piperidine rings is 1. The summed E-state index contributed by atoms with van der Waals surface area (Å²) in [5.74, 6) is 1.37. The van der Waals surface area contributed by atoms with Crippen LogP contribution in [-0.2, 0) is 9.59 Å². The van der Waals surface area contributed by atoms with E-state index in [9.17, 15) is 14.4 Å². The van der Waals surface area contributed by atoms with Crippen LogP contribution in [0, 0.1) is 17.8 Å². The minimum atomic E-state index is -0.00886. The molecule has 0 bridgehead atoms. The van der Waals surface area contributed by atoms with Crippen LogP contribution in [-0.4, -0.2) is 49.0 Å². The number of hydrogen-bond acceptors (Lipinski definition) is 4. The zero-order valence-corrected chi connectivity index (χ0v) is 14.6. The molecule has 134 valence electrons. The lowest BCUT2D eigenvalue weighted by Gasteiger charge is -2.33. The first-order valence-electron chi connectivity index (χ1n) is 9.23. The van der Waals surface area contributed by atoms with E-state index < -0.39 is 0 Å². The molecule has 0 aromatic heterocycles. The molecule has 0 aromatic carbocycles. The number of nitrogens with one attached hydrogen (secondary N) is 1. The first-order valence-corrected chi connectivity index (χ1v) is 9.23. The Kier molecular flexibility index (Phi) is 7.44. The van der Waals surface area contributed by atoms with Crippen molar-refractivity contribution in [2.75, 3.05) is 26.2 Å². The lowest BCUT2D eigenvalue weighted by molar-refractivity contribution is -0.123. The normalized spacial score (nSPS) is 25.0. The highest BCUT2D eigenvalue weighted by Gasteiger charge is 2.27. The fourth-order valence-corrected chi connectivity index (χ4v) is 3.96. The van der Waals surface area contributed by atoms with Gasteiger partial charge in [0.2, 0.25) is 6.08 Å². The number of amides is 2. The number of urea groups is 1. The van der Waals surface area contributed by atoms with Gasteiger partial charge in [-0.1, -0.05) is 13.3 Å². The van der Waals surface area contributed by atoms with Gasteiger partial charge in [-0.25, -0.2) is 14.6 Å². The number of nitrogens with zero attached hydrogens (tertiary/aromatic N) is 2. The molecule has 24 heavy (non-hydrogen) atoms. The largest absolute Gasteiger partial charge is 0.338 e. The van der Waals surface area contributed by atoms with E-state index >= 15 is 0 Å². The van der Waals surface area contributed by atoms with Gasteiger partial charge < -0.3 is 10.2 Å². The van der Waals surface area contributed by atoms with Gasteiger partial charge in [-0.2, -0.15) is 0 Å². The molecule has 0 spiro atoms. The van der Waals surface area contributed by atoms with Crippen LogP contribution < -0.4 is 5.32 Å². The van der Waals surface area contributed by atoms with E-state index in [1.54, 1.807) is 6.08 Å². The Morgan fingerprint density at radius 2 is 1.88 bits per heavy atom. The molecule has 2 atom stereocenters. The monoisotopic (exact) mass is 335 g/mol. The van der Waals surface area contributed by atoms with Gasteiger partial charge in [0, 0.05) is 32.0 Å². The fraction of sp³-hybridized carbons (Fsp3) is 0.833. The first-order chi connectivity index (χ1) is 11.6. The third-order valence-electron chi connectivity index (χ3n) is 5.43. The van der Waals surface area contributed by atoms with Crippen molar-refractivity contribution < 1.29 is 14.4 Å². The fourth-order valence-electron chi connectivity index (χ4n) is 3.96. The van der Waals surface area contributed by atoms with E-state index in [-0.39, 0.29) is 11.9 Å². The lowest BCUT2D eigenvalue weighted by atomic mass is 9.81. The second-order valence-corrected chi connectivity index (χ2v) is 7.10. The third-order valence-corrected chi connectivity index (χ3v) is 5.43. The summed E-state index contributed by atoms with van der Waals surface area (Å²) in [4.78, 5) is 39.8. The summed E-state index contributed by atoms with van der Waals surface area (Å²) < 4.78 is 0. The van der Waals surface area contributed by atoms with Crippen LogP contribution in [0.4, 0.5) is 4.79 Å². The Hall–Kier alpha value is -1.68. The summed E-state index contributed by atoms with van der Waals surface area (Å²) in [7, 11) is 0. The predicted molar refractivity (Wildman–Crippen MR) is 91.4 cm³/mol. The van der Waals surface area contributed by atoms with E-state index in [1.807, 2.05) is 11.8 Å². The highest BCUT2D eigenvalue weighted by Crippen LogP contribution is 2.29. The number of hydrogen-bond donors (Lipinski definition) is 1. The van der Waals surface area contributed by atoms with Crippen molar-refractivity contribution in [2.24, 2.45) is 22.7 Å². The Bertz CT molecular complexity index is 480. The number of likely N-dealkylation sites (tertiary alicyclic amines) is 1. The zero-order chi connectivity index (χ0) is 17.4. The maximum absolute atomic E-state index is 12.3. The van der Waals surface area contributed by atoms with E-state index in [0.717, 1.165) is 38.5 Å². The number of carbonyl (C=O) groups is 2. The molecule has 1 saturated carbocycles. The Morgan fingerprint density at radius 1 is 1.17 bits per heavy atom. The minimum absolute atomic E-state index is 0.00886. The van der Waals surface area contributed by atoms with Gasteiger partial charge in [0.1, 0.15) is 5.78 Å². The molecule has 2 fully saturated rings. The molecular weight excluding hydrogens is 306 g/mol. The number of Topliss-reactive ketones (excluding diaryl/α,β-unsaturated/α-hetero) is 1. The summed E-state index contributed by atoms with van der Waals surface area (Å²) in [5, 5.41) is 3.05. The van der Waals surface area contributed by atoms with Crippen LogP contribution in [0.3, 0.4) is 0 Å². The SMILES string of the molecule is CCC(=O)C1CCN(C(=O)NCC2CCCC(CN=C=O)C2)CC1. The zero-order valence-electron chi connectivity index (χ0n) is 14.6. The summed E-state index contributed by atoms with van der Waals surface area (Å²) in [6.07, 6.45) is 8.15. The Balaban J connectivity index is 1.69. The van der Waals surface area contributed by atoms with Gasteiger partial charge in [-0.15, -0.1) is 0 Å². The average molecular weight is 335 g/mol. The number of isocyanates is 1. The third kappa shape index (κ3) is 5.45. The summed E-state index contributed by atoms with van der Waals surface area (Å²) in [5.41, 5.74) is 0. The van der Waals surface area contributed by atoms with Crippen molar-refractivity contribution in [1.29, 1.82) is 0 Å². The molecule has 0 aromatic rings. The maximum atomic E-state index is 12.3. The summed E-state index contributed by atoms with van der Waals surface area (Å²) >= 11 is 0. The van der Waals surface area contributed by atoms with Crippen LogP contribution >= 0.6 is 0 Å². The Morgan fingerprint density at radius 3 is 2.54 bits per heavy atom. The molecule has 1 aliphatic heterocycles. The van der Waals surface area contributed by atoms with Crippen molar-refractivity contribution >= 4 is 17.9 Å².